The molecular formula is C22H21N3O4S. The number of carbonyl (C=O) groups is 2. The Hall–Kier alpha value is -3.49. The zero-order valence-corrected chi connectivity index (χ0v) is 17.1. The summed E-state index contributed by atoms with van der Waals surface area (Å²) in [5.41, 5.74) is 1.62. The summed E-state index contributed by atoms with van der Waals surface area (Å²) < 4.78 is 24.7. The van der Waals surface area contributed by atoms with Gasteiger partial charge in [-0.15, -0.1) is 4.83 Å². The molecule has 0 fully saturated rings. The van der Waals surface area contributed by atoms with Gasteiger partial charge in [0.2, 0.25) is 0 Å². The van der Waals surface area contributed by atoms with Crippen molar-refractivity contribution in [2.75, 3.05) is 7.05 Å². The van der Waals surface area contributed by atoms with E-state index in [4.69, 9.17) is 0 Å². The van der Waals surface area contributed by atoms with E-state index in [9.17, 15) is 18.0 Å². The summed E-state index contributed by atoms with van der Waals surface area (Å²) in [6.45, 7) is 0.393. The molecule has 0 saturated heterocycles. The third-order valence-corrected chi connectivity index (χ3v) is 5.71. The van der Waals surface area contributed by atoms with Gasteiger partial charge in [0, 0.05) is 24.7 Å². The van der Waals surface area contributed by atoms with E-state index in [1.54, 1.807) is 18.2 Å². The third kappa shape index (κ3) is 5.31. The lowest BCUT2D eigenvalue weighted by atomic mass is 10.1. The molecule has 3 aromatic rings. The second-order valence-electron chi connectivity index (χ2n) is 6.52. The van der Waals surface area contributed by atoms with Gasteiger partial charge in [-0.3, -0.25) is 14.6 Å². The Morgan fingerprint density at radius 3 is 1.93 bits per heavy atom. The molecule has 2 N–H and O–H groups in total. The summed E-state index contributed by atoms with van der Waals surface area (Å²) in [7, 11) is -2.55. The first-order valence-electron chi connectivity index (χ1n) is 9.14. The van der Waals surface area contributed by atoms with Crippen LogP contribution in [0.5, 0.6) is 0 Å². The molecule has 3 rings (SSSR count). The summed E-state index contributed by atoms with van der Waals surface area (Å²) in [5.74, 6) is -0.818. The number of carbonyl (C=O) groups excluding carboxylic acids is 2. The number of amides is 2. The average Bonchev–Trinajstić information content (AvgIpc) is 2.78. The molecule has 8 heteroatoms. The molecule has 7 nitrogen and oxygen atoms in total. The molecule has 0 saturated carbocycles. The number of sulfonamides is 1. The van der Waals surface area contributed by atoms with Crippen LogP contribution in [0, 0.1) is 0 Å². The van der Waals surface area contributed by atoms with Crippen molar-refractivity contribution in [3.05, 3.63) is 102 Å². The van der Waals surface area contributed by atoms with E-state index in [-0.39, 0.29) is 16.4 Å². The summed E-state index contributed by atoms with van der Waals surface area (Å²) in [6, 6.07) is 23.3. The van der Waals surface area contributed by atoms with E-state index in [1.165, 1.54) is 43.4 Å². The van der Waals surface area contributed by atoms with Crippen LogP contribution in [0.3, 0.4) is 0 Å². The van der Waals surface area contributed by atoms with Crippen LogP contribution in [0.25, 0.3) is 0 Å². The van der Waals surface area contributed by atoms with Gasteiger partial charge < -0.3 is 5.32 Å². The SMILES string of the molecule is CN(NS(=O)(=O)c1ccccc1)C(=O)c1ccc(C(=O)NCc2ccccc2)cc1. The summed E-state index contributed by atoms with van der Waals surface area (Å²) in [6.07, 6.45) is 0. The van der Waals surface area contributed by atoms with Gasteiger partial charge in [-0.25, -0.2) is 8.42 Å². The number of hydrazine groups is 1. The Labute approximate surface area is 175 Å². The van der Waals surface area contributed by atoms with E-state index in [1.807, 2.05) is 30.3 Å². The minimum atomic E-state index is -3.88. The Kier molecular flexibility index (Phi) is 6.61. The van der Waals surface area contributed by atoms with Crippen molar-refractivity contribution in [2.24, 2.45) is 0 Å². The number of nitrogens with one attached hydrogen (secondary N) is 2. The summed E-state index contributed by atoms with van der Waals surface area (Å²) >= 11 is 0. The minimum absolute atomic E-state index is 0.0510. The normalized spacial score (nSPS) is 11.0. The van der Waals surface area contributed by atoms with Crippen molar-refractivity contribution in [3.8, 4) is 0 Å². The van der Waals surface area contributed by atoms with Crippen molar-refractivity contribution in [2.45, 2.75) is 11.4 Å². The summed E-state index contributed by atoms with van der Waals surface area (Å²) in [5, 5.41) is 3.71. The number of rotatable bonds is 7. The second-order valence-corrected chi connectivity index (χ2v) is 8.18. The number of nitrogens with zero attached hydrogens (tertiary/aromatic N) is 1. The lowest BCUT2D eigenvalue weighted by molar-refractivity contribution is 0.0764. The Morgan fingerprint density at radius 2 is 1.33 bits per heavy atom. The first kappa shape index (κ1) is 21.2. The van der Waals surface area contributed by atoms with Gasteiger partial charge in [-0.05, 0) is 42.0 Å². The third-order valence-electron chi connectivity index (χ3n) is 4.31. The molecule has 0 radical (unpaired) electrons. The van der Waals surface area contributed by atoms with Gasteiger partial charge in [0.05, 0.1) is 4.90 Å². The fourth-order valence-electron chi connectivity index (χ4n) is 2.71. The molecule has 0 spiro atoms. The monoisotopic (exact) mass is 423 g/mol. The van der Waals surface area contributed by atoms with Crippen molar-refractivity contribution in [1.82, 2.24) is 15.2 Å². The van der Waals surface area contributed by atoms with Gasteiger partial charge >= 0.3 is 0 Å². The smallest absolute Gasteiger partial charge is 0.268 e. The molecule has 0 aliphatic rings. The van der Waals surface area contributed by atoms with Crippen LogP contribution < -0.4 is 10.1 Å². The number of hydrogen-bond acceptors (Lipinski definition) is 4. The van der Waals surface area contributed by atoms with Crippen LogP contribution in [0.15, 0.2) is 89.8 Å². The molecule has 0 heterocycles. The number of benzene rings is 3. The Bertz CT molecular complexity index is 1120. The first-order valence-corrected chi connectivity index (χ1v) is 10.6. The molecule has 0 bridgehead atoms. The second kappa shape index (κ2) is 9.34. The van der Waals surface area contributed by atoms with Crippen molar-refractivity contribution >= 4 is 21.8 Å². The summed E-state index contributed by atoms with van der Waals surface area (Å²) in [4.78, 5) is 27.1. The van der Waals surface area contributed by atoms with Gasteiger partial charge in [-0.1, -0.05) is 48.5 Å². The van der Waals surface area contributed by atoms with E-state index < -0.39 is 15.9 Å². The Balaban J connectivity index is 1.62. The van der Waals surface area contributed by atoms with E-state index >= 15 is 0 Å². The van der Waals surface area contributed by atoms with E-state index in [0.717, 1.165) is 10.6 Å². The van der Waals surface area contributed by atoms with Crippen molar-refractivity contribution in [3.63, 3.8) is 0 Å². The van der Waals surface area contributed by atoms with Gasteiger partial charge in [0.1, 0.15) is 0 Å². The average molecular weight is 423 g/mol. The number of hydrogen-bond donors (Lipinski definition) is 2. The molecule has 3 aromatic carbocycles. The maximum Gasteiger partial charge on any atom is 0.268 e. The zero-order valence-electron chi connectivity index (χ0n) is 16.3. The predicted molar refractivity (Wildman–Crippen MR) is 113 cm³/mol. The molecule has 2 amide bonds. The van der Waals surface area contributed by atoms with Crippen molar-refractivity contribution < 1.29 is 18.0 Å². The highest BCUT2D eigenvalue weighted by Crippen LogP contribution is 2.10. The topological polar surface area (TPSA) is 95.6 Å². The van der Waals surface area contributed by atoms with Crippen LogP contribution in [0.2, 0.25) is 0 Å². The lowest BCUT2D eigenvalue weighted by Gasteiger charge is -2.18. The lowest BCUT2D eigenvalue weighted by Crippen LogP contribution is -2.43. The van der Waals surface area contributed by atoms with E-state index in [0.29, 0.717) is 12.1 Å². The predicted octanol–water partition coefficient (Wildman–Crippen LogP) is 2.58. The van der Waals surface area contributed by atoms with Gasteiger partial charge in [-0.2, -0.15) is 0 Å². The standard InChI is InChI=1S/C22H21N3O4S/c1-25(24-30(28,29)20-10-6-3-7-11-20)22(27)19-14-12-18(13-15-19)21(26)23-16-17-8-4-2-5-9-17/h2-15,24H,16H2,1H3,(H,23,26). The fraction of sp³-hybridized carbons (Fsp3) is 0.0909. The molecule has 30 heavy (non-hydrogen) atoms. The van der Waals surface area contributed by atoms with Crippen LogP contribution >= 0.6 is 0 Å². The van der Waals surface area contributed by atoms with Gasteiger partial charge in [0.15, 0.2) is 0 Å². The maximum absolute atomic E-state index is 12.5. The highest BCUT2D eigenvalue weighted by molar-refractivity contribution is 7.89. The molecule has 0 unspecified atom stereocenters. The zero-order chi connectivity index (χ0) is 21.6. The van der Waals surface area contributed by atoms with Crippen molar-refractivity contribution in [1.29, 1.82) is 0 Å². The highest BCUT2D eigenvalue weighted by Gasteiger charge is 2.20. The molecule has 0 aromatic heterocycles. The van der Waals surface area contributed by atoms with E-state index in [2.05, 4.69) is 10.1 Å². The van der Waals surface area contributed by atoms with Crippen LogP contribution in [-0.2, 0) is 16.6 Å². The molecule has 0 aliphatic heterocycles. The molecule has 0 aliphatic carbocycles. The largest absolute Gasteiger partial charge is 0.348 e. The molecule has 154 valence electrons. The molecular weight excluding hydrogens is 402 g/mol. The first-order chi connectivity index (χ1) is 14.4. The fourth-order valence-corrected chi connectivity index (χ4v) is 3.78. The maximum atomic E-state index is 12.5. The van der Waals surface area contributed by atoms with Gasteiger partial charge in [0.25, 0.3) is 21.8 Å². The quantitative estimate of drug-likeness (QED) is 0.571. The van der Waals surface area contributed by atoms with Crippen LogP contribution in [0.1, 0.15) is 26.3 Å². The Morgan fingerprint density at radius 1 is 0.800 bits per heavy atom. The highest BCUT2D eigenvalue weighted by atomic mass is 32.2. The molecule has 0 atom stereocenters. The van der Waals surface area contributed by atoms with Crippen LogP contribution in [-0.4, -0.2) is 32.3 Å². The minimum Gasteiger partial charge on any atom is -0.348 e. The van der Waals surface area contributed by atoms with Crippen LogP contribution in [0.4, 0.5) is 0 Å².